The first-order valence-electron chi connectivity index (χ1n) is 23.7. The lowest BCUT2D eigenvalue weighted by Gasteiger charge is -2.26. The van der Waals surface area contributed by atoms with Gasteiger partial charge in [-0.1, -0.05) is 111 Å². The van der Waals surface area contributed by atoms with Crippen LogP contribution in [0.4, 0.5) is 17.1 Å². The fraction of sp³-hybridized carbons (Fsp3) is 0.197. The van der Waals surface area contributed by atoms with Crippen molar-refractivity contribution in [2.24, 2.45) is 0 Å². The van der Waals surface area contributed by atoms with Crippen LogP contribution in [-0.4, -0.2) is 54.3 Å². The minimum atomic E-state index is -0.402. The van der Waals surface area contributed by atoms with E-state index in [-0.39, 0.29) is 20.4 Å². The van der Waals surface area contributed by atoms with E-state index in [1.54, 1.807) is 21.3 Å². The number of carbonyl (C=O) groups excluding carboxylic acids is 1. The maximum atomic E-state index is 13.4. The van der Waals surface area contributed by atoms with Crippen LogP contribution in [0.2, 0.25) is 0 Å². The smallest absolute Gasteiger partial charge is 0.341 e. The first-order valence-corrected chi connectivity index (χ1v) is 23.7. The number of ether oxygens (including phenoxy) is 7. The second-order valence-electron chi connectivity index (χ2n) is 17.2. The number of fused-ring (bicyclic) bond motifs is 3. The molecule has 354 valence electrons. The van der Waals surface area contributed by atoms with E-state index in [4.69, 9.17) is 33.2 Å². The monoisotopic (exact) mass is 931 g/mol. The maximum Gasteiger partial charge on any atom is 0.341 e. The average Bonchev–Trinajstić information content (AvgIpc) is 3.41. The van der Waals surface area contributed by atoms with E-state index in [0.29, 0.717) is 17.9 Å². The van der Waals surface area contributed by atoms with E-state index in [0.717, 1.165) is 120 Å². The first-order chi connectivity index (χ1) is 34.4. The second-order valence-corrected chi connectivity index (χ2v) is 17.2. The van der Waals surface area contributed by atoms with E-state index in [1.807, 2.05) is 36.4 Å². The van der Waals surface area contributed by atoms with Gasteiger partial charge >= 0.3 is 5.97 Å². The highest BCUT2D eigenvalue weighted by Crippen LogP contribution is 2.39. The fourth-order valence-electron chi connectivity index (χ4n) is 8.73. The molecule has 0 radical (unpaired) electrons. The predicted molar refractivity (Wildman–Crippen MR) is 282 cm³/mol. The van der Waals surface area contributed by atoms with Gasteiger partial charge in [0.15, 0.2) is 20.4 Å². The summed E-state index contributed by atoms with van der Waals surface area (Å²) in [5.74, 6) is 1.58. The van der Waals surface area contributed by atoms with Crippen molar-refractivity contribution in [2.45, 2.75) is 32.6 Å². The number of nitrogens with zero attached hydrogens (tertiary/aromatic N) is 1. The van der Waals surface area contributed by atoms with Crippen LogP contribution < -0.4 is 19.1 Å². The highest BCUT2D eigenvalue weighted by atomic mass is 16.7. The molecule has 0 unspecified atom stereocenters. The Bertz CT molecular complexity index is 3070. The third kappa shape index (κ3) is 11.1. The Morgan fingerprint density at radius 1 is 0.400 bits per heavy atom. The molecule has 9 nitrogen and oxygen atoms in total. The number of anilines is 3. The Morgan fingerprint density at radius 3 is 1.26 bits per heavy atom. The zero-order valence-corrected chi connectivity index (χ0v) is 40.1. The number of rotatable bonds is 21. The topological polar surface area (TPSA) is 84.9 Å². The Balaban J connectivity index is 1.02. The fourth-order valence-corrected chi connectivity index (χ4v) is 8.73. The molecule has 0 spiro atoms. The molecule has 0 saturated heterocycles. The molecule has 0 atom stereocenters. The molecular formula is C61H57NO8. The minimum Gasteiger partial charge on any atom is -0.468 e. The zero-order valence-electron chi connectivity index (χ0n) is 40.1. The van der Waals surface area contributed by atoms with Gasteiger partial charge in [-0.15, -0.1) is 0 Å². The highest BCUT2D eigenvalue weighted by molar-refractivity contribution is 6.00. The summed E-state index contributed by atoms with van der Waals surface area (Å²) in [4.78, 5) is 15.7. The Hall–Kier alpha value is -7.69. The van der Waals surface area contributed by atoms with Gasteiger partial charge in [0.05, 0.1) is 6.61 Å². The average molecular weight is 932 g/mol. The van der Waals surface area contributed by atoms with Gasteiger partial charge in [-0.05, 0) is 163 Å². The quantitative estimate of drug-likeness (QED) is 0.0397. The number of hydrogen-bond acceptors (Lipinski definition) is 9. The lowest BCUT2D eigenvalue weighted by Crippen LogP contribution is -2.10. The van der Waals surface area contributed by atoms with Crippen molar-refractivity contribution in [3.8, 4) is 50.6 Å². The van der Waals surface area contributed by atoms with Gasteiger partial charge in [0, 0.05) is 38.4 Å². The summed E-state index contributed by atoms with van der Waals surface area (Å²) in [6, 6.07) is 61.2. The standard InChI is InChI=1S/C61H57NO8/c1-5-6-7-8-31-67-61(63)59-37-53-34-47(11-14-52(53)38-60(59)70-41-66-4)44-19-27-56(28-20-44)62(54-23-15-42(16-24-54)45-9-12-50-35-57(68-39-64-2)29-21-48(50)32-45)55-25-17-43(18-26-55)46-10-13-51-36-58(69-40-65-3)30-22-49(51)33-46/h9-30,32-38H,5-8,31,39-41H2,1-4H3. The van der Waals surface area contributed by atoms with Gasteiger partial charge in [0.2, 0.25) is 0 Å². The molecule has 9 rings (SSSR count). The zero-order chi connectivity index (χ0) is 48.2. The van der Waals surface area contributed by atoms with Crippen molar-refractivity contribution in [1.29, 1.82) is 0 Å². The lowest BCUT2D eigenvalue weighted by atomic mass is 9.98. The summed E-state index contributed by atoms with van der Waals surface area (Å²) in [5.41, 5.74) is 9.95. The minimum absolute atomic E-state index is 0.0217. The van der Waals surface area contributed by atoms with Crippen LogP contribution in [0.15, 0.2) is 176 Å². The number of esters is 1. The van der Waals surface area contributed by atoms with Gasteiger partial charge in [-0.2, -0.15) is 0 Å². The molecule has 0 amide bonds. The molecule has 0 fully saturated rings. The van der Waals surface area contributed by atoms with Crippen LogP contribution >= 0.6 is 0 Å². The summed E-state index contributed by atoms with van der Waals surface area (Å²) in [7, 11) is 4.79. The summed E-state index contributed by atoms with van der Waals surface area (Å²) in [6.07, 6.45) is 4.08. The lowest BCUT2D eigenvalue weighted by molar-refractivity contribution is 0.0424. The van der Waals surface area contributed by atoms with Crippen molar-refractivity contribution in [3.05, 3.63) is 181 Å². The first kappa shape index (κ1) is 47.4. The molecule has 0 N–H and O–H groups in total. The van der Waals surface area contributed by atoms with Gasteiger partial charge in [-0.25, -0.2) is 4.79 Å². The largest absolute Gasteiger partial charge is 0.468 e. The number of unbranched alkanes of at least 4 members (excludes halogenated alkanes) is 3. The van der Waals surface area contributed by atoms with Gasteiger partial charge in [0.1, 0.15) is 22.8 Å². The molecule has 0 bridgehead atoms. The van der Waals surface area contributed by atoms with Gasteiger partial charge in [0.25, 0.3) is 0 Å². The molecule has 0 aliphatic heterocycles. The molecule has 0 heterocycles. The van der Waals surface area contributed by atoms with Crippen molar-refractivity contribution in [3.63, 3.8) is 0 Å². The molecular weight excluding hydrogens is 875 g/mol. The molecule has 70 heavy (non-hydrogen) atoms. The van der Waals surface area contributed by atoms with Crippen LogP contribution in [0.3, 0.4) is 0 Å². The normalized spacial score (nSPS) is 11.3. The molecule has 0 aliphatic rings. The van der Waals surface area contributed by atoms with E-state index >= 15 is 0 Å². The maximum absolute atomic E-state index is 13.4. The van der Waals surface area contributed by atoms with Crippen LogP contribution in [0.5, 0.6) is 17.2 Å². The third-order valence-corrected chi connectivity index (χ3v) is 12.4. The van der Waals surface area contributed by atoms with E-state index in [2.05, 4.69) is 151 Å². The van der Waals surface area contributed by atoms with Gasteiger partial charge < -0.3 is 38.1 Å². The number of hydrogen-bond donors (Lipinski definition) is 0. The Morgan fingerprint density at radius 2 is 0.800 bits per heavy atom. The Kier molecular flexibility index (Phi) is 15.3. The molecule has 9 heteroatoms. The summed E-state index contributed by atoms with van der Waals surface area (Å²) < 4.78 is 38.3. The van der Waals surface area contributed by atoms with Gasteiger partial charge in [-0.3, -0.25) is 0 Å². The molecule has 0 saturated carbocycles. The summed E-state index contributed by atoms with van der Waals surface area (Å²) in [6.45, 7) is 2.96. The van der Waals surface area contributed by atoms with Crippen molar-refractivity contribution < 1.29 is 38.0 Å². The van der Waals surface area contributed by atoms with Crippen LogP contribution in [-0.2, 0) is 18.9 Å². The number of carbonyl (C=O) groups is 1. The molecule has 0 aliphatic carbocycles. The third-order valence-electron chi connectivity index (χ3n) is 12.4. The summed E-state index contributed by atoms with van der Waals surface area (Å²) >= 11 is 0. The van der Waals surface area contributed by atoms with Crippen LogP contribution in [0.1, 0.15) is 43.0 Å². The highest BCUT2D eigenvalue weighted by Gasteiger charge is 2.18. The van der Waals surface area contributed by atoms with E-state index in [1.165, 1.54) is 0 Å². The van der Waals surface area contributed by atoms with Crippen molar-refractivity contribution in [1.82, 2.24) is 0 Å². The SMILES string of the molecule is CCCCCCOC(=O)c1cc2cc(-c3ccc(N(c4ccc(-c5ccc6cc(OCOC)ccc6c5)cc4)c4ccc(-c5ccc6cc(OCOC)ccc6c5)cc4)cc3)ccc2cc1OCOC. The summed E-state index contributed by atoms with van der Waals surface area (Å²) in [5, 5.41) is 6.31. The molecule has 0 aromatic heterocycles. The van der Waals surface area contributed by atoms with Crippen LogP contribution in [0, 0.1) is 0 Å². The molecule has 9 aromatic rings. The molecule has 9 aromatic carbocycles. The van der Waals surface area contributed by atoms with E-state index in [9.17, 15) is 4.79 Å². The Labute approximate surface area is 409 Å². The number of benzene rings is 9. The number of methoxy groups -OCH3 is 3. The van der Waals surface area contributed by atoms with Crippen LogP contribution in [0.25, 0.3) is 65.7 Å². The second kappa shape index (κ2) is 22.6. The van der Waals surface area contributed by atoms with E-state index < -0.39 is 5.97 Å². The predicted octanol–water partition coefficient (Wildman–Crippen LogP) is 15.3. The van der Waals surface area contributed by atoms with Crippen molar-refractivity contribution >= 4 is 55.3 Å². The van der Waals surface area contributed by atoms with Crippen molar-refractivity contribution in [2.75, 3.05) is 53.2 Å².